The van der Waals surface area contributed by atoms with Gasteiger partial charge in [-0.2, -0.15) is 0 Å². The molecule has 1 aliphatic rings. The van der Waals surface area contributed by atoms with Gasteiger partial charge in [0.25, 0.3) is 6.33 Å². The Balaban J connectivity index is 1.56. The molecule has 4 heteroatoms. The van der Waals surface area contributed by atoms with Gasteiger partial charge in [-0.1, -0.05) is 57.2 Å². The number of fused-ring (bicyclic) bond motifs is 7. The standard InChI is InChI=1S/C31H27N2O2/c1-17-26-25(14-22-21-8-6-7-9-24(21)34-29(17)22)35-30-20-11-10-18(15-31(2,3)4)12-19(20)13-23-27(30)28(26)33(5)16-32-23/h6-14,16H,15H2,1-5H3/q+1. The molecule has 0 aliphatic carbocycles. The van der Waals surface area contributed by atoms with Crippen LogP contribution >= 0.6 is 0 Å². The topological polar surface area (TPSA) is 39.1 Å². The van der Waals surface area contributed by atoms with Gasteiger partial charge in [-0.05, 0) is 52.9 Å². The number of nitrogens with zero attached hydrogens (tertiary/aromatic N) is 2. The van der Waals surface area contributed by atoms with Gasteiger partial charge >= 0.3 is 0 Å². The Morgan fingerprint density at radius 3 is 2.60 bits per heavy atom. The molecule has 4 aromatic carbocycles. The minimum Gasteiger partial charge on any atom is -0.456 e. The van der Waals surface area contributed by atoms with Crippen molar-refractivity contribution in [3.8, 4) is 22.8 Å². The summed E-state index contributed by atoms with van der Waals surface area (Å²) in [5.41, 5.74) is 7.59. The average molecular weight is 460 g/mol. The summed E-state index contributed by atoms with van der Waals surface area (Å²) in [6, 6.07) is 19.3. The van der Waals surface area contributed by atoms with E-state index in [0.29, 0.717) is 0 Å². The van der Waals surface area contributed by atoms with Crippen molar-refractivity contribution in [2.24, 2.45) is 12.5 Å². The number of para-hydroxylation sites is 1. The van der Waals surface area contributed by atoms with Crippen LogP contribution in [0.25, 0.3) is 54.9 Å². The van der Waals surface area contributed by atoms with Crippen LogP contribution in [-0.4, -0.2) is 4.98 Å². The van der Waals surface area contributed by atoms with Crippen molar-refractivity contribution in [1.82, 2.24) is 4.98 Å². The highest BCUT2D eigenvalue weighted by atomic mass is 16.5. The third-order valence-corrected chi connectivity index (χ3v) is 7.15. The molecule has 1 aliphatic heterocycles. The van der Waals surface area contributed by atoms with Gasteiger partial charge in [0.15, 0.2) is 17.0 Å². The first-order valence-corrected chi connectivity index (χ1v) is 12.2. The van der Waals surface area contributed by atoms with Gasteiger partial charge in [0.05, 0.1) is 12.6 Å². The van der Waals surface area contributed by atoms with Gasteiger partial charge in [0, 0.05) is 21.7 Å². The number of rotatable bonds is 1. The summed E-state index contributed by atoms with van der Waals surface area (Å²) in [4.78, 5) is 4.80. The SMILES string of the molecule is Cc1c2c(cc3c1oc1ccccc13)Oc1c3ccc(CC(C)(C)C)cc3cc3nc[n+](C)c-2c13. The van der Waals surface area contributed by atoms with Crippen LogP contribution in [-0.2, 0) is 13.5 Å². The Bertz CT molecular complexity index is 1850. The zero-order valence-corrected chi connectivity index (χ0v) is 20.7. The predicted octanol–water partition coefficient (Wildman–Crippen LogP) is 7.78. The largest absolute Gasteiger partial charge is 0.456 e. The van der Waals surface area contributed by atoms with Crippen molar-refractivity contribution in [3.05, 3.63) is 72.1 Å². The van der Waals surface area contributed by atoms with Crippen LogP contribution in [0.1, 0.15) is 31.9 Å². The summed E-state index contributed by atoms with van der Waals surface area (Å²) < 4.78 is 15.2. The first-order chi connectivity index (χ1) is 16.8. The summed E-state index contributed by atoms with van der Waals surface area (Å²) in [6.45, 7) is 8.96. The van der Waals surface area contributed by atoms with E-state index in [1.54, 1.807) is 0 Å². The van der Waals surface area contributed by atoms with E-state index in [1.165, 1.54) is 5.56 Å². The number of aromatic nitrogens is 2. The third-order valence-electron chi connectivity index (χ3n) is 7.15. The number of aryl methyl sites for hydroxylation is 2. The fourth-order valence-corrected chi connectivity index (χ4v) is 5.73. The van der Waals surface area contributed by atoms with Crippen LogP contribution in [0.3, 0.4) is 0 Å². The van der Waals surface area contributed by atoms with Crippen LogP contribution in [0.4, 0.5) is 0 Å². The van der Waals surface area contributed by atoms with Gasteiger partial charge in [0.1, 0.15) is 22.3 Å². The van der Waals surface area contributed by atoms with E-state index >= 15 is 0 Å². The molecule has 7 rings (SSSR count). The number of furan rings is 1. The van der Waals surface area contributed by atoms with Crippen LogP contribution in [0, 0.1) is 12.3 Å². The first-order valence-electron chi connectivity index (χ1n) is 12.2. The molecule has 2 aromatic heterocycles. The summed E-state index contributed by atoms with van der Waals surface area (Å²) in [7, 11) is 2.06. The van der Waals surface area contributed by atoms with Crippen molar-refractivity contribution in [1.29, 1.82) is 0 Å². The molecule has 6 aromatic rings. The summed E-state index contributed by atoms with van der Waals surface area (Å²) in [5.74, 6) is 1.75. The predicted molar refractivity (Wildman–Crippen MR) is 141 cm³/mol. The van der Waals surface area contributed by atoms with Crippen LogP contribution in [0.15, 0.2) is 65.3 Å². The molecule has 0 bridgehead atoms. The van der Waals surface area contributed by atoms with Crippen molar-refractivity contribution in [2.45, 2.75) is 34.1 Å². The van der Waals surface area contributed by atoms with E-state index in [2.05, 4.69) is 81.8 Å². The Morgan fingerprint density at radius 1 is 0.943 bits per heavy atom. The Morgan fingerprint density at radius 2 is 1.77 bits per heavy atom. The van der Waals surface area contributed by atoms with E-state index in [1.807, 2.05) is 18.5 Å². The van der Waals surface area contributed by atoms with Crippen LogP contribution < -0.4 is 9.30 Å². The van der Waals surface area contributed by atoms with Crippen LogP contribution in [0.5, 0.6) is 11.5 Å². The molecule has 0 fully saturated rings. The monoisotopic (exact) mass is 459 g/mol. The second kappa shape index (κ2) is 6.82. The van der Waals surface area contributed by atoms with Crippen molar-refractivity contribution < 1.29 is 13.7 Å². The second-order valence-corrected chi connectivity index (χ2v) is 11.0. The highest BCUT2D eigenvalue weighted by molar-refractivity contribution is 6.14. The molecule has 172 valence electrons. The molecule has 0 unspecified atom stereocenters. The number of hydrogen-bond acceptors (Lipinski definition) is 3. The van der Waals surface area contributed by atoms with Gasteiger partial charge in [0.2, 0.25) is 0 Å². The van der Waals surface area contributed by atoms with Gasteiger partial charge < -0.3 is 9.15 Å². The van der Waals surface area contributed by atoms with Crippen molar-refractivity contribution in [2.75, 3.05) is 0 Å². The molecule has 0 saturated heterocycles. The van der Waals surface area contributed by atoms with E-state index in [4.69, 9.17) is 14.1 Å². The van der Waals surface area contributed by atoms with Crippen LogP contribution in [0.2, 0.25) is 0 Å². The van der Waals surface area contributed by atoms with Gasteiger partial charge in [-0.25, -0.2) is 4.57 Å². The Kier molecular flexibility index (Phi) is 3.98. The lowest BCUT2D eigenvalue weighted by molar-refractivity contribution is -0.662. The fourth-order valence-electron chi connectivity index (χ4n) is 5.73. The Labute approximate surface area is 203 Å². The van der Waals surface area contributed by atoms with Gasteiger partial charge in [-0.3, -0.25) is 0 Å². The molecule has 4 nitrogen and oxygen atoms in total. The summed E-state index contributed by atoms with van der Waals surface area (Å²) >= 11 is 0. The highest BCUT2D eigenvalue weighted by Crippen LogP contribution is 2.51. The third kappa shape index (κ3) is 2.92. The molecule has 35 heavy (non-hydrogen) atoms. The molecule has 0 amide bonds. The maximum atomic E-state index is 6.77. The maximum Gasteiger partial charge on any atom is 0.287 e. The fraction of sp³-hybridized carbons (Fsp3) is 0.226. The second-order valence-electron chi connectivity index (χ2n) is 11.0. The molecule has 0 spiro atoms. The molecule has 0 saturated carbocycles. The van der Waals surface area contributed by atoms with E-state index in [9.17, 15) is 0 Å². The number of hydrogen-bond donors (Lipinski definition) is 0. The van der Waals surface area contributed by atoms with E-state index < -0.39 is 0 Å². The lowest BCUT2D eigenvalue weighted by Crippen LogP contribution is -2.32. The number of benzene rings is 4. The average Bonchev–Trinajstić information content (AvgIpc) is 3.18. The zero-order chi connectivity index (χ0) is 24.1. The summed E-state index contributed by atoms with van der Waals surface area (Å²) in [6.07, 6.45) is 2.93. The molecular formula is C31H27N2O2+. The number of ether oxygens (including phenoxy) is 1. The Hall–Kier alpha value is -3.92. The summed E-state index contributed by atoms with van der Waals surface area (Å²) in [5, 5.41) is 5.52. The minimum atomic E-state index is 0.226. The quantitative estimate of drug-likeness (QED) is 0.186. The van der Waals surface area contributed by atoms with Crippen molar-refractivity contribution in [3.63, 3.8) is 0 Å². The van der Waals surface area contributed by atoms with E-state index in [-0.39, 0.29) is 5.41 Å². The minimum absolute atomic E-state index is 0.226. The van der Waals surface area contributed by atoms with Gasteiger partial charge in [-0.15, -0.1) is 0 Å². The molecule has 0 N–H and O–H groups in total. The molecule has 3 heterocycles. The lowest BCUT2D eigenvalue weighted by atomic mass is 9.87. The zero-order valence-electron chi connectivity index (χ0n) is 20.7. The molecule has 0 radical (unpaired) electrons. The maximum absolute atomic E-state index is 6.77. The lowest BCUT2D eigenvalue weighted by Gasteiger charge is -2.23. The normalized spacial score (nSPS) is 13.1. The molecule has 0 atom stereocenters. The molecular weight excluding hydrogens is 432 g/mol. The smallest absolute Gasteiger partial charge is 0.287 e. The van der Waals surface area contributed by atoms with E-state index in [0.717, 1.165) is 78.4 Å². The van der Waals surface area contributed by atoms with Crippen molar-refractivity contribution >= 4 is 43.6 Å². The first kappa shape index (κ1) is 20.5. The highest BCUT2D eigenvalue weighted by Gasteiger charge is 2.32.